The topological polar surface area (TPSA) is 44.1 Å². The fourth-order valence-electron chi connectivity index (χ4n) is 1.29. The van der Waals surface area contributed by atoms with E-state index in [0.717, 1.165) is 12.8 Å². The van der Waals surface area contributed by atoms with Crippen molar-refractivity contribution in [2.75, 3.05) is 0 Å². The average Bonchev–Trinajstić information content (AvgIpc) is 2.91. The zero-order valence-corrected chi connectivity index (χ0v) is 7.05. The molecule has 0 radical (unpaired) electrons. The quantitative estimate of drug-likeness (QED) is 0.672. The van der Waals surface area contributed by atoms with Crippen molar-refractivity contribution in [3.63, 3.8) is 0 Å². The Balaban J connectivity index is 2.30. The van der Waals surface area contributed by atoms with Crippen LogP contribution in [0.1, 0.15) is 18.4 Å². The van der Waals surface area contributed by atoms with Crippen LogP contribution in [0.2, 0.25) is 0 Å². The molecule has 1 aliphatic carbocycles. The largest absolute Gasteiger partial charge is 0.505 e. The van der Waals surface area contributed by atoms with Gasteiger partial charge in [-0.15, -0.1) is 0 Å². The molecule has 1 aromatic rings. The fraction of sp³-hybridized carbons (Fsp3) is 0.300. The first-order valence-electron chi connectivity index (χ1n) is 4.26. The van der Waals surface area contributed by atoms with Crippen molar-refractivity contribution in [3.8, 4) is 5.75 Å². The lowest BCUT2D eigenvalue weighted by atomic mass is 10.1. The molecule has 0 heterocycles. The summed E-state index contributed by atoms with van der Waals surface area (Å²) in [4.78, 5) is 0. The second-order valence-electron chi connectivity index (χ2n) is 3.35. The molecular formula is C10H10FNO. The van der Waals surface area contributed by atoms with E-state index in [9.17, 15) is 4.39 Å². The van der Waals surface area contributed by atoms with Crippen molar-refractivity contribution in [2.24, 2.45) is 5.92 Å². The summed E-state index contributed by atoms with van der Waals surface area (Å²) in [6, 6.07) is 4.05. The van der Waals surface area contributed by atoms with Gasteiger partial charge in [-0.1, -0.05) is 0 Å². The predicted molar refractivity (Wildman–Crippen MR) is 47.6 cm³/mol. The third kappa shape index (κ3) is 1.54. The fourth-order valence-corrected chi connectivity index (χ4v) is 1.29. The van der Waals surface area contributed by atoms with Crippen molar-refractivity contribution in [3.05, 3.63) is 29.6 Å². The van der Waals surface area contributed by atoms with Gasteiger partial charge in [-0.2, -0.15) is 0 Å². The minimum absolute atomic E-state index is 0.324. The first kappa shape index (κ1) is 8.23. The van der Waals surface area contributed by atoms with Gasteiger partial charge >= 0.3 is 0 Å². The Morgan fingerprint density at radius 3 is 2.69 bits per heavy atom. The zero-order valence-electron chi connectivity index (χ0n) is 7.05. The summed E-state index contributed by atoms with van der Waals surface area (Å²) in [6.45, 7) is 0. The third-order valence-electron chi connectivity index (χ3n) is 2.24. The number of phenolic OH excluding ortho intramolecular Hbond substituents is 1. The normalized spacial score (nSPS) is 15.8. The van der Waals surface area contributed by atoms with Crippen molar-refractivity contribution in [1.82, 2.24) is 0 Å². The smallest absolute Gasteiger partial charge is 0.164 e. The van der Waals surface area contributed by atoms with Crippen LogP contribution < -0.4 is 0 Å². The zero-order chi connectivity index (χ0) is 9.42. The monoisotopic (exact) mass is 179 g/mol. The Morgan fingerprint density at radius 2 is 2.15 bits per heavy atom. The molecule has 68 valence electrons. The van der Waals surface area contributed by atoms with Crippen LogP contribution in [0.3, 0.4) is 0 Å². The van der Waals surface area contributed by atoms with E-state index in [-0.39, 0.29) is 5.75 Å². The third-order valence-corrected chi connectivity index (χ3v) is 2.24. The molecule has 1 fully saturated rings. The molecule has 0 spiro atoms. The Bertz CT molecular complexity index is 358. The molecule has 13 heavy (non-hydrogen) atoms. The predicted octanol–water partition coefficient (Wildman–Crippen LogP) is 2.31. The highest BCUT2D eigenvalue weighted by Gasteiger charge is 2.27. The number of phenols is 1. The molecule has 2 nitrogen and oxygen atoms in total. The summed E-state index contributed by atoms with van der Waals surface area (Å²) in [5, 5.41) is 16.8. The van der Waals surface area contributed by atoms with Crippen molar-refractivity contribution in [1.29, 1.82) is 5.41 Å². The van der Waals surface area contributed by atoms with E-state index in [1.54, 1.807) is 0 Å². The summed E-state index contributed by atoms with van der Waals surface area (Å²) in [7, 11) is 0. The van der Waals surface area contributed by atoms with Crippen LogP contribution in [0.4, 0.5) is 4.39 Å². The number of nitrogens with one attached hydrogen (secondary N) is 1. The second kappa shape index (κ2) is 2.83. The molecule has 0 bridgehead atoms. The first-order chi connectivity index (χ1) is 6.18. The Hall–Kier alpha value is -1.38. The Kier molecular flexibility index (Phi) is 1.79. The van der Waals surface area contributed by atoms with Crippen molar-refractivity contribution < 1.29 is 9.50 Å². The van der Waals surface area contributed by atoms with E-state index >= 15 is 0 Å². The number of benzene rings is 1. The highest BCUT2D eigenvalue weighted by molar-refractivity contribution is 6.01. The number of hydrogen-bond acceptors (Lipinski definition) is 2. The van der Waals surface area contributed by atoms with Gasteiger partial charge in [-0.25, -0.2) is 4.39 Å². The molecule has 2 rings (SSSR count). The highest BCUT2D eigenvalue weighted by Crippen LogP contribution is 2.33. The molecule has 3 heteroatoms. The maximum absolute atomic E-state index is 12.7. The lowest BCUT2D eigenvalue weighted by Crippen LogP contribution is -2.00. The lowest BCUT2D eigenvalue weighted by Gasteiger charge is -2.02. The number of rotatable bonds is 2. The molecule has 1 aliphatic rings. The number of aromatic hydroxyl groups is 1. The van der Waals surface area contributed by atoms with E-state index < -0.39 is 5.82 Å². The molecule has 0 unspecified atom stereocenters. The van der Waals surface area contributed by atoms with E-state index in [1.807, 2.05) is 0 Å². The summed E-state index contributed by atoms with van der Waals surface area (Å²) >= 11 is 0. The van der Waals surface area contributed by atoms with Gasteiger partial charge in [0.2, 0.25) is 0 Å². The van der Waals surface area contributed by atoms with Gasteiger partial charge in [0, 0.05) is 11.6 Å². The summed E-state index contributed by atoms with van der Waals surface area (Å²) < 4.78 is 12.7. The molecule has 2 N–H and O–H groups in total. The molecule has 0 aromatic heterocycles. The Labute approximate surface area is 75.5 Å². The molecule has 0 atom stereocenters. The lowest BCUT2D eigenvalue weighted by molar-refractivity contribution is 0.432. The van der Waals surface area contributed by atoms with Gasteiger partial charge in [0.25, 0.3) is 0 Å². The first-order valence-corrected chi connectivity index (χ1v) is 4.26. The van der Waals surface area contributed by atoms with Gasteiger partial charge in [0.1, 0.15) is 0 Å². The van der Waals surface area contributed by atoms with Gasteiger partial charge in [0.15, 0.2) is 11.6 Å². The van der Waals surface area contributed by atoms with Crippen LogP contribution in [0, 0.1) is 17.1 Å². The number of halogens is 1. The molecule has 0 amide bonds. The van der Waals surface area contributed by atoms with Crippen LogP contribution in [0.25, 0.3) is 0 Å². The van der Waals surface area contributed by atoms with E-state index in [0.29, 0.717) is 17.2 Å². The van der Waals surface area contributed by atoms with Gasteiger partial charge < -0.3 is 10.5 Å². The Morgan fingerprint density at radius 1 is 1.46 bits per heavy atom. The minimum Gasteiger partial charge on any atom is -0.505 e. The van der Waals surface area contributed by atoms with Crippen LogP contribution in [0.15, 0.2) is 18.2 Å². The molecule has 1 saturated carbocycles. The molecule has 0 saturated heterocycles. The molecular weight excluding hydrogens is 169 g/mol. The van der Waals surface area contributed by atoms with E-state index in [4.69, 9.17) is 10.5 Å². The second-order valence-corrected chi connectivity index (χ2v) is 3.35. The van der Waals surface area contributed by atoms with Gasteiger partial charge in [-0.3, -0.25) is 0 Å². The van der Waals surface area contributed by atoms with E-state index in [2.05, 4.69) is 0 Å². The summed E-state index contributed by atoms with van der Waals surface area (Å²) in [5.41, 5.74) is 1.14. The minimum atomic E-state index is -0.632. The summed E-state index contributed by atoms with van der Waals surface area (Å²) in [6.07, 6.45) is 2.08. The van der Waals surface area contributed by atoms with Crippen LogP contribution in [-0.2, 0) is 0 Å². The molecule has 0 aliphatic heterocycles. The van der Waals surface area contributed by atoms with Crippen LogP contribution >= 0.6 is 0 Å². The van der Waals surface area contributed by atoms with Gasteiger partial charge in [0.05, 0.1) is 0 Å². The maximum atomic E-state index is 12.7. The maximum Gasteiger partial charge on any atom is 0.164 e. The van der Waals surface area contributed by atoms with Crippen molar-refractivity contribution in [2.45, 2.75) is 12.8 Å². The van der Waals surface area contributed by atoms with Crippen molar-refractivity contribution >= 4 is 5.71 Å². The standard InChI is InChI=1S/C10H10FNO/c11-8-4-3-7(5-9(8)13)10(12)6-1-2-6/h3-6,12-13H,1-2H2. The SMILES string of the molecule is N=C(c1ccc(F)c(O)c1)C1CC1. The summed E-state index contributed by atoms with van der Waals surface area (Å²) in [5.74, 6) is -0.680. The van der Waals surface area contributed by atoms with Gasteiger partial charge in [-0.05, 0) is 36.6 Å². The molecule has 1 aromatic carbocycles. The number of hydrogen-bond donors (Lipinski definition) is 2. The highest BCUT2D eigenvalue weighted by atomic mass is 19.1. The van der Waals surface area contributed by atoms with Crippen LogP contribution in [-0.4, -0.2) is 10.8 Å². The van der Waals surface area contributed by atoms with E-state index in [1.165, 1.54) is 18.2 Å². The van der Waals surface area contributed by atoms with Crippen LogP contribution in [0.5, 0.6) is 5.75 Å². The average molecular weight is 179 g/mol.